The fraction of sp³-hybridized carbons (Fsp3) is 0.455. The molecule has 5 rings (SSSR count). The Bertz CT molecular complexity index is 1560. The molecule has 1 fully saturated rings. The van der Waals surface area contributed by atoms with Gasteiger partial charge in [-0.25, -0.2) is 9.97 Å². The quantitative estimate of drug-likeness (QED) is 0.238. The first-order valence-corrected chi connectivity index (χ1v) is 15.3. The number of hydrogen-bond donors (Lipinski definition) is 2. The lowest BCUT2D eigenvalue weighted by Crippen LogP contribution is -2.41. The van der Waals surface area contributed by atoms with E-state index in [0.717, 1.165) is 90.7 Å². The van der Waals surface area contributed by atoms with Crippen molar-refractivity contribution in [3.05, 3.63) is 65.5 Å². The summed E-state index contributed by atoms with van der Waals surface area (Å²) in [5.74, 6) is 0.615. The van der Waals surface area contributed by atoms with Crippen LogP contribution in [0.3, 0.4) is 0 Å². The summed E-state index contributed by atoms with van der Waals surface area (Å²) in [6.45, 7) is 7.08. The smallest absolute Gasteiger partial charge is 0.307 e. The molecule has 0 radical (unpaired) electrons. The molecule has 3 heterocycles. The first-order valence-electron chi connectivity index (χ1n) is 15.3. The first-order chi connectivity index (χ1) is 20.9. The van der Waals surface area contributed by atoms with Gasteiger partial charge in [-0.2, -0.15) is 0 Å². The molecule has 0 spiro atoms. The SMILES string of the molecule is CCCCc1nc2c(N)nc3ccccc3c2n1CCCN(Cc1cccc(CC(=O)O)c1)C(=O)CN1CCCOCC1. The maximum absolute atomic E-state index is 13.7. The number of hydrogen-bond acceptors (Lipinski definition) is 7. The number of nitrogens with zero attached hydrogens (tertiary/aromatic N) is 5. The van der Waals surface area contributed by atoms with E-state index < -0.39 is 5.97 Å². The van der Waals surface area contributed by atoms with Crippen molar-refractivity contribution < 1.29 is 19.4 Å². The summed E-state index contributed by atoms with van der Waals surface area (Å²) in [5.41, 5.74) is 10.6. The number of carbonyl (C=O) groups is 2. The molecule has 10 nitrogen and oxygen atoms in total. The third-order valence-electron chi connectivity index (χ3n) is 8.00. The number of carboxylic acid groups (broad SMARTS) is 1. The highest BCUT2D eigenvalue weighted by Crippen LogP contribution is 2.29. The highest BCUT2D eigenvalue weighted by molar-refractivity contribution is 6.06. The predicted octanol–water partition coefficient (Wildman–Crippen LogP) is 4.28. The van der Waals surface area contributed by atoms with Gasteiger partial charge in [0.05, 0.1) is 30.6 Å². The van der Waals surface area contributed by atoms with E-state index in [9.17, 15) is 14.7 Å². The summed E-state index contributed by atoms with van der Waals surface area (Å²) in [6.07, 6.45) is 4.51. The molecule has 2 aromatic heterocycles. The van der Waals surface area contributed by atoms with E-state index in [1.165, 1.54) is 0 Å². The number of para-hydroxylation sites is 1. The molecule has 1 aliphatic rings. The molecule has 2 aromatic carbocycles. The van der Waals surface area contributed by atoms with Crippen molar-refractivity contribution in [1.29, 1.82) is 0 Å². The van der Waals surface area contributed by atoms with Crippen LogP contribution < -0.4 is 5.73 Å². The molecule has 1 aliphatic heterocycles. The van der Waals surface area contributed by atoms with Crippen molar-refractivity contribution in [3.8, 4) is 0 Å². The van der Waals surface area contributed by atoms with Gasteiger partial charge in [0.1, 0.15) is 11.3 Å². The van der Waals surface area contributed by atoms with Crippen LogP contribution in [0.4, 0.5) is 5.82 Å². The van der Waals surface area contributed by atoms with Gasteiger partial charge in [-0.05, 0) is 36.5 Å². The van der Waals surface area contributed by atoms with E-state index in [4.69, 9.17) is 15.5 Å². The average molecular weight is 587 g/mol. The molecule has 3 N–H and O–H groups in total. The highest BCUT2D eigenvalue weighted by atomic mass is 16.5. The molecule has 0 aliphatic carbocycles. The number of unbranched alkanes of at least 4 members (excludes halogenated alkanes) is 1. The first kappa shape index (κ1) is 30.4. The van der Waals surface area contributed by atoms with Crippen LogP contribution in [0.5, 0.6) is 0 Å². The fourth-order valence-corrected chi connectivity index (χ4v) is 5.86. The molecule has 228 valence electrons. The molecular formula is C33H42N6O4. The Hall–Kier alpha value is -4.02. The molecule has 43 heavy (non-hydrogen) atoms. The summed E-state index contributed by atoms with van der Waals surface area (Å²) in [5, 5.41) is 10.3. The number of nitrogens with two attached hydrogens (primary N) is 1. The van der Waals surface area contributed by atoms with Crippen molar-refractivity contribution in [2.24, 2.45) is 0 Å². The van der Waals surface area contributed by atoms with Gasteiger partial charge < -0.3 is 25.0 Å². The van der Waals surface area contributed by atoms with E-state index in [1.54, 1.807) is 0 Å². The van der Waals surface area contributed by atoms with Gasteiger partial charge in [0, 0.05) is 51.1 Å². The molecule has 1 saturated heterocycles. The van der Waals surface area contributed by atoms with Crippen molar-refractivity contribution in [3.63, 3.8) is 0 Å². The number of ether oxygens (including phenoxy) is 1. The molecular weight excluding hydrogens is 544 g/mol. The van der Waals surface area contributed by atoms with E-state index in [2.05, 4.69) is 27.4 Å². The van der Waals surface area contributed by atoms with Gasteiger partial charge in [-0.1, -0.05) is 55.8 Å². The minimum atomic E-state index is -0.872. The number of imidazole rings is 1. The van der Waals surface area contributed by atoms with Crippen LogP contribution in [0.25, 0.3) is 21.9 Å². The monoisotopic (exact) mass is 586 g/mol. The van der Waals surface area contributed by atoms with Gasteiger partial charge in [0.25, 0.3) is 0 Å². The fourth-order valence-electron chi connectivity index (χ4n) is 5.86. The number of carboxylic acids is 1. The van der Waals surface area contributed by atoms with E-state index in [-0.39, 0.29) is 12.3 Å². The molecule has 0 bridgehead atoms. The number of carbonyl (C=O) groups excluding carboxylic acids is 1. The summed E-state index contributed by atoms with van der Waals surface area (Å²) in [4.78, 5) is 38.7. The summed E-state index contributed by atoms with van der Waals surface area (Å²) < 4.78 is 7.86. The van der Waals surface area contributed by atoms with Crippen LogP contribution in [0.15, 0.2) is 48.5 Å². The Balaban J connectivity index is 1.40. The third-order valence-corrected chi connectivity index (χ3v) is 8.00. The number of amides is 1. The number of aryl methyl sites for hydroxylation is 2. The lowest BCUT2D eigenvalue weighted by atomic mass is 10.1. The number of benzene rings is 2. The number of fused-ring (bicyclic) bond motifs is 3. The lowest BCUT2D eigenvalue weighted by molar-refractivity contribution is -0.136. The second-order valence-corrected chi connectivity index (χ2v) is 11.3. The number of nitrogen functional groups attached to an aromatic ring is 1. The van der Waals surface area contributed by atoms with Crippen LogP contribution in [0.2, 0.25) is 0 Å². The van der Waals surface area contributed by atoms with Gasteiger partial charge in [-0.3, -0.25) is 14.5 Å². The standard InChI is InChI=1S/C33H42N6O4/c1-2-3-13-28-36-31-32(26-11-4-5-12-27(26)35-33(31)34)39(28)16-7-15-38(29(40)23-37-14-8-18-43-19-17-37)22-25-10-6-9-24(20-25)21-30(41)42/h4-6,9-12,20H,2-3,7-8,13-19,21-23H2,1H3,(H2,34,35)(H,41,42). The zero-order valence-electron chi connectivity index (χ0n) is 25.0. The summed E-state index contributed by atoms with van der Waals surface area (Å²) >= 11 is 0. The molecule has 0 unspecified atom stereocenters. The van der Waals surface area contributed by atoms with Gasteiger partial charge in [0.2, 0.25) is 5.91 Å². The normalized spacial score (nSPS) is 14.3. The Morgan fingerprint density at radius 3 is 2.72 bits per heavy atom. The van der Waals surface area contributed by atoms with Gasteiger partial charge in [0.15, 0.2) is 5.82 Å². The Morgan fingerprint density at radius 2 is 1.88 bits per heavy atom. The summed E-state index contributed by atoms with van der Waals surface area (Å²) in [7, 11) is 0. The number of aromatic nitrogens is 3. The molecule has 0 atom stereocenters. The number of pyridine rings is 1. The van der Waals surface area contributed by atoms with E-state index in [1.807, 2.05) is 47.4 Å². The molecule has 1 amide bonds. The zero-order valence-corrected chi connectivity index (χ0v) is 25.0. The van der Waals surface area contributed by atoms with Crippen LogP contribution in [0, 0.1) is 0 Å². The van der Waals surface area contributed by atoms with Crippen LogP contribution in [-0.4, -0.2) is 80.7 Å². The lowest BCUT2D eigenvalue weighted by Gasteiger charge is -2.27. The molecule has 4 aromatic rings. The van der Waals surface area contributed by atoms with Crippen LogP contribution >= 0.6 is 0 Å². The van der Waals surface area contributed by atoms with Crippen molar-refractivity contribution in [2.75, 3.05) is 45.1 Å². The maximum atomic E-state index is 13.7. The average Bonchev–Trinajstić information content (AvgIpc) is 3.15. The topological polar surface area (TPSA) is 127 Å². The third kappa shape index (κ3) is 7.69. The zero-order chi connectivity index (χ0) is 30.2. The Morgan fingerprint density at radius 1 is 1.05 bits per heavy atom. The second kappa shape index (κ2) is 14.4. The predicted molar refractivity (Wildman–Crippen MR) is 168 cm³/mol. The number of anilines is 1. The van der Waals surface area contributed by atoms with Crippen molar-refractivity contribution in [1.82, 2.24) is 24.3 Å². The van der Waals surface area contributed by atoms with Crippen molar-refractivity contribution >= 4 is 39.6 Å². The number of rotatable bonds is 13. The minimum absolute atomic E-state index is 0.0459. The Kier molecular flexibility index (Phi) is 10.2. The van der Waals surface area contributed by atoms with Crippen LogP contribution in [0.1, 0.15) is 49.6 Å². The second-order valence-electron chi connectivity index (χ2n) is 11.3. The molecule has 0 saturated carbocycles. The Labute approximate surface area is 252 Å². The number of aliphatic carboxylic acids is 1. The minimum Gasteiger partial charge on any atom is -0.481 e. The molecule has 10 heteroatoms. The van der Waals surface area contributed by atoms with Crippen molar-refractivity contribution in [2.45, 2.75) is 58.5 Å². The van der Waals surface area contributed by atoms with Gasteiger partial charge >= 0.3 is 5.97 Å². The van der Waals surface area contributed by atoms with E-state index >= 15 is 0 Å². The van der Waals surface area contributed by atoms with E-state index in [0.29, 0.717) is 38.6 Å². The van der Waals surface area contributed by atoms with Crippen LogP contribution in [-0.2, 0) is 40.3 Å². The largest absolute Gasteiger partial charge is 0.481 e. The summed E-state index contributed by atoms with van der Waals surface area (Å²) in [6, 6.07) is 15.5. The maximum Gasteiger partial charge on any atom is 0.307 e. The highest BCUT2D eigenvalue weighted by Gasteiger charge is 2.21. The van der Waals surface area contributed by atoms with Gasteiger partial charge in [-0.15, -0.1) is 0 Å².